The molecule has 3 heterocycles. The van der Waals surface area contributed by atoms with Crippen molar-refractivity contribution in [1.82, 2.24) is 19.4 Å². The summed E-state index contributed by atoms with van der Waals surface area (Å²) in [6, 6.07) is 8.97. The van der Waals surface area contributed by atoms with Gasteiger partial charge in [0.15, 0.2) is 0 Å². The first-order valence-electron chi connectivity index (χ1n) is 8.87. The van der Waals surface area contributed by atoms with Crippen molar-refractivity contribution in [3.63, 3.8) is 0 Å². The van der Waals surface area contributed by atoms with Crippen LogP contribution in [0.5, 0.6) is 0 Å². The normalized spacial score (nSPS) is 14.9. The number of alkyl halides is 3. The van der Waals surface area contributed by atoms with E-state index in [1.807, 2.05) is 23.7 Å². The van der Waals surface area contributed by atoms with Gasteiger partial charge < -0.3 is 4.57 Å². The molecule has 3 aromatic rings. The SMILES string of the molecule is Cn1c(-c2ccc(C(F)(F)F)cc2)nc2c1CN(Cc1cccnc1Cl)CC2. The van der Waals surface area contributed by atoms with E-state index >= 15 is 0 Å². The van der Waals surface area contributed by atoms with Crippen LogP contribution in [0, 0.1) is 0 Å². The van der Waals surface area contributed by atoms with Crippen LogP contribution in [0.3, 0.4) is 0 Å². The van der Waals surface area contributed by atoms with Crippen molar-refractivity contribution in [1.29, 1.82) is 0 Å². The van der Waals surface area contributed by atoms with E-state index in [0.717, 1.165) is 42.0 Å². The average molecular weight is 407 g/mol. The average Bonchev–Trinajstić information content (AvgIpc) is 2.99. The number of imidazole rings is 1. The number of halogens is 4. The first-order chi connectivity index (χ1) is 13.3. The van der Waals surface area contributed by atoms with Crippen molar-refractivity contribution in [2.75, 3.05) is 6.54 Å². The van der Waals surface area contributed by atoms with Crippen molar-refractivity contribution in [2.45, 2.75) is 25.7 Å². The third-order valence-corrected chi connectivity index (χ3v) is 5.38. The Bertz CT molecular complexity index is 996. The van der Waals surface area contributed by atoms with E-state index in [4.69, 9.17) is 11.6 Å². The van der Waals surface area contributed by atoms with Crippen molar-refractivity contribution < 1.29 is 13.2 Å². The Kier molecular flexibility index (Phi) is 4.89. The topological polar surface area (TPSA) is 34.0 Å². The molecule has 0 saturated heterocycles. The lowest BCUT2D eigenvalue weighted by Gasteiger charge is -2.27. The molecular weight excluding hydrogens is 389 g/mol. The molecule has 0 N–H and O–H groups in total. The van der Waals surface area contributed by atoms with Gasteiger partial charge in [0.1, 0.15) is 11.0 Å². The van der Waals surface area contributed by atoms with Gasteiger partial charge in [-0.1, -0.05) is 29.8 Å². The van der Waals surface area contributed by atoms with Crippen LogP contribution in [-0.2, 0) is 32.7 Å². The summed E-state index contributed by atoms with van der Waals surface area (Å²) in [5.74, 6) is 0.681. The number of pyridine rings is 1. The molecule has 2 aromatic heterocycles. The predicted molar refractivity (Wildman–Crippen MR) is 101 cm³/mol. The molecule has 0 aliphatic carbocycles. The molecule has 1 aromatic carbocycles. The summed E-state index contributed by atoms with van der Waals surface area (Å²) >= 11 is 6.17. The minimum atomic E-state index is -4.34. The highest BCUT2D eigenvalue weighted by atomic mass is 35.5. The molecule has 0 radical (unpaired) electrons. The molecule has 28 heavy (non-hydrogen) atoms. The summed E-state index contributed by atoms with van der Waals surface area (Å²) in [5.41, 5.74) is 3.05. The molecule has 0 fully saturated rings. The number of aromatic nitrogens is 3. The zero-order valence-corrected chi connectivity index (χ0v) is 15.9. The molecule has 8 heteroatoms. The second kappa shape index (κ2) is 7.22. The molecule has 0 bridgehead atoms. The van der Waals surface area contributed by atoms with Gasteiger partial charge in [0, 0.05) is 50.4 Å². The maximum absolute atomic E-state index is 12.8. The van der Waals surface area contributed by atoms with Crippen LogP contribution < -0.4 is 0 Å². The van der Waals surface area contributed by atoms with Gasteiger partial charge in [-0.25, -0.2) is 9.97 Å². The van der Waals surface area contributed by atoms with Crippen LogP contribution in [0.4, 0.5) is 13.2 Å². The van der Waals surface area contributed by atoms with Crippen LogP contribution in [0.1, 0.15) is 22.5 Å². The van der Waals surface area contributed by atoms with Crippen molar-refractivity contribution in [3.05, 3.63) is 70.3 Å². The van der Waals surface area contributed by atoms with Gasteiger partial charge >= 0.3 is 6.18 Å². The minimum absolute atomic E-state index is 0.503. The highest BCUT2D eigenvalue weighted by molar-refractivity contribution is 6.30. The van der Waals surface area contributed by atoms with Crippen LogP contribution >= 0.6 is 11.6 Å². The first-order valence-corrected chi connectivity index (χ1v) is 9.24. The molecule has 0 saturated carbocycles. The highest BCUT2D eigenvalue weighted by Crippen LogP contribution is 2.32. The van der Waals surface area contributed by atoms with E-state index < -0.39 is 11.7 Å². The van der Waals surface area contributed by atoms with E-state index in [-0.39, 0.29) is 0 Å². The number of hydrogen-bond acceptors (Lipinski definition) is 3. The van der Waals surface area contributed by atoms with Gasteiger partial charge in [-0.3, -0.25) is 4.90 Å². The zero-order chi connectivity index (χ0) is 19.9. The van der Waals surface area contributed by atoms with Gasteiger partial charge in [0.2, 0.25) is 0 Å². The van der Waals surface area contributed by atoms with Crippen molar-refractivity contribution in [2.24, 2.45) is 7.05 Å². The summed E-state index contributed by atoms with van der Waals surface area (Å²) < 4.78 is 40.4. The van der Waals surface area contributed by atoms with E-state index in [1.165, 1.54) is 12.1 Å². The minimum Gasteiger partial charge on any atom is -0.330 e. The Balaban J connectivity index is 1.57. The van der Waals surface area contributed by atoms with E-state index in [9.17, 15) is 13.2 Å². The zero-order valence-electron chi connectivity index (χ0n) is 15.2. The second-order valence-corrected chi connectivity index (χ2v) is 7.23. The van der Waals surface area contributed by atoms with Gasteiger partial charge in [-0.15, -0.1) is 0 Å². The lowest BCUT2D eigenvalue weighted by molar-refractivity contribution is -0.137. The van der Waals surface area contributed by atoms with E-state index in [1.54, 1.807) is 6.20 Å². The largest absolute Gasteiger partial charge is 0.416 e. The smallest absolute Gasteiger partial charge is 0.330 e. The van der Waals surface area contributed by atoms with Crippen LogP contribution in [0.25, 0.3) is 11.4 Å². The summed E-state index contributed by atoms with van der Waals surface area (Å²) in [7, 11) is 1.90. The van der Waals surface area contributed by atoms with Gasteiger partial charge in [0.25, 0.3) is 0 Å². The lowest BCUT2D eigenvalue weighted by Crippen LogP contribution is -2.31. The summed E-state index contributed by atoms with van der Waals surface area (Å²) in [6.07, 6.45) is -1.90. The number of benzene rings is 1. The van der Waals surface area contributed by atoms with E-state index in [0.29, 0.717) is 29.6 Å². The standard InChI is InChI=1S/C20H18ClF3N4/c1-27-17-12-28(11-14-3-2-9-25-18(14)21)10-8-16(17)26-19(27)13-4-6-15(7-5-13)20(22,23)24/h2-7,9H,8,10-12H2,1H3. The Morgan fingerprint density at radius 3 is 2.57 bits per heavy atom. The number of rotatable bonds is 3. The van der Waals surface area contributed by atoms with Crippen LogP contribution in [0.2, 0.25) is 5.15 Å². The third-order valence-electron chi connectivity index (χ3n) is 5.04. The predicted octanol–water partition coefficient (Wildman–Crippen LogP) is 4.71. The van der Waals surface area contributed by atoms with Gasteiger partial charge in [-0.05, 0) is 18.2 Å². The fraction of sp³-hybridized carbons (Fsp3) is 0.300. The molecule has 0 amide bonds. The molecule has 0 spiro atoms. The molecule has 0 atom stereocenters. The molecule has 146 valence electrons. The Labute approximate surface area is 165 Å². The molecule has 0 unspecified atom stereocenters. The molecule has 4 nitrogen and oxygen atoms in total. The maximum atomic E-state index is 12.8. The van der Waals surface area contributed by atoms with Crippen LogP contribution in [-0.4, -0.2) is 26.0 Å². The Hall–Kier alpha value is -2.38. The maximum Gasteiger partial charge on any atom is 0.416 e. The number of fused-ring (bicyclic) bond motifs is 1. The fourth-order valence-corrected chi connectivity index (χ4v) is 3.70. The van der Waals surface area contributed by atoms with Crippen LogP contribution in [0.15, 0.2) is 42.6 Å². The fourth-order valence-electron chi connectivity index (χ4n) is 3.52. The quantitative estimate of drug-likeness (QED) is 0.590. The van der Waals surface area contributed by atoms with Gasteiger partial charge in [0.05, 0.1) is 17.0 Å². The lowest BCUT2D eigenvalue weighted by atomic mass is 10.1. The Morgan fingerprint density at radius 2 is 1.89 bits per heavy atom. The monoisotopic (exact) mass is 406 g/mol. The molecule has 1 aliphatic heterocycles. The highest BCUT2D eigenvalue weighted by Gasteiger charge is 2.30. The molecular formula is C20H18ClF3N4. The number of nitrogens with zero attached hydrogens (tertiary/aromatic N) is 4. The summed E-state index contributed by atoms with van der Waals surface area (Å²) in [6.45, 7) is 2.22. The molecule has 4 rings (SSSR count). The third kappa shape index (κ3) is 3.64. The first kappa shape index (κ1) is 19.0. The Morgan fingerprint density at radius 1 is 1.14 bits per heavy atom. The van der Waals surface area contributed by atoms with Crippen molar-refractivity contribution >= 4 is 11.6 Å². The summed E-state index contributed by atoms with van der Waals surface area (Å²) in [5, 5.41) is 0.503. The second-order valence-electron chi connectivity index (χ2n) is 6.88. The van der Waals surface area contributed by atoms with Crippen molar-refractivity contribution in [3.8, 4) is 11.4 Å². The van der Waals surface area contributed by atoms with E-state index in [2.05, 4.69) is 14.9 Å². The number of hydrogen-bond donors (Lipinski definition) is 0. The molecule has 1 aliphatic rings. The van der Waals surface area contributed by atoms with Gasteiger partial charge in [-0.2, -0.15) is 13.2 Å². The summed E-state index contributed by atoms with van der Waals surface area (Å²) in [4.78, 5) is 11.1.